The van der Waals surface area contributed by atoms with Gasteiger partial charge in [-0.15, -0.1) is 0 Å². The molecular weight excluding hydrogens is 190 g/mol. The van der Waals surface area contributed by atoms with Crippen LogP contribution in [0.3, 0.4) is 0 Å². The van der Waals surface area contributed by atoms with E-state index in [1.165, 1.54) is 21.1 Å². The van der Waals surface area contributed by atoms with E-state index in [9.17, 15) is 14.4 Å². The Bertz CT molecular complexity index is 238. The van der Waals surface area contributed by atoms with Crippen molar-refractivity contribution in [2.24, 2.45) is 0 Å². The van der Waals surface area contributed by atoms with Gasteiger partial charge in [-0.1, -0.05) is 0 Å². The quantitative estimate of drug-likeness (QED) is 0.606. The van der Waals surface area contributed by atoms with E-state index in [2.05, 4.69) is 14.8 Å². The van der Waals surface area contributed by atoms with Gasteiger partial charge in [0.1, 0.15) is 6.04 Å². The average molecular weight is 203 g/mol. The molecule has 0 saturated carbocycles. The number of rotatable bonds is 4. The SMILES string of the molecule is COC(=O)C[C@@H](NC(C)=O)C(=O)OC. The van der Waals surface area contributed by atoms with E-state index >= 15 is 0 Å². The molecule has 0 bridgehead atoms. The average Bonchev–Trinajstić information content (AvgIpc) is 2.14. The zero-order valence-electron chi connectivity index (χ0n) is 8.33. The molecule has 0 saturated heterocycles. The van der Waals surface area contributed by atoms with Crippen LogP contribution >= 0.6 is 0 Å². The molecule has 80 valence electrons. The van der Waals surface area contributed by atoms with Crippen molar-refractivity contribution in [3.63, 3.8) is 0 Å². The molecule has 0 aliphatic heterocycles. The van der Waals surface area contributed by atoms with Crippen LogP contribution in [-0.4, -0.2) is 38.1 Å². The fraction of sp³-hybridized carbons (Fsp3) is 0.625. The van der Waals surface area contributed by atoms with Gasteiger partial charge in [0.15, 0.2) is 0 Å². The largest absolute Gasteiger partial charge is 0.469 e. The number of hydrogen-bond acceptors (Lipinski definition) is 5. The molecule has 0 heterocycles. The zero-order valence-corrected chi connectivity index (χ0v) is 8.33. The predicted molar refractivity (Wildman–Crippen MR) is 46.3 cm³/mol. The highest BCUT2D eigenvalue weighted by molar-refractivity contribution is 5.87. The molecule has 6 nitrogen and oxygen atoms in total. The van der Waals surface area contributed by atoms with Crippen LogP contribution in [0.1, 0.15) is 13.3 Å². The second kappa shape index (κ2) is 5.95. The minimum Gasteiger partial charge on any atom is -0.469 e. The molecule has 0 aliphatic carbocycles. The van der Waals surface area contributed by atoms with Crippen LogP contribution in [0, 0.1) is 0 Å². The topological polar surface area (TPSA) is 81.7 Å². The van der Waals surface area contributed by atoms with Gasteiger partial charge < -0.3 is 14.8 Å². The fourth-order valence-electron chi connectivity index (χ4n) is 0.831. The first-order valence-corrected chi connectivity index (χ1v) is 3.93. The van der Waals surface area contributed by atoms with Gasteiger partial charge in [0, 0.05) is 6.92 Å². The van der Waals surface area contributed by atoms with E-state index in [0.717, 1.165) is 0 Å². The number of methoxy groups -OCH3 is 2. The van der Waals surface area contributed by atoms with Crippen molar-refractivity contribution in [3.8, 4) is 0 Å². The molecular formula is C8H13NO5. The molecule has 1 atom stereocenters. The molecule has 0 rings (SSSR count). The smallest absolute Gasteiger partial charge is 0.328 e. The Labute approximate surface area is 81.6 Å². The van der Waals surface area contributed by atoms with Gasteiger partial charge in [0.2, 0.25) is 5.91 Å². The number of carbonyl (C=O) groups excluding carboxylic acids is 3. The molecule has 1 amide bonds. The van der Waals surface area contributed by atoms with Crippen molar-refractivity contribution in [2.75, 3.05) is 14.2 Å². The van der Waals surface area contributed by atoms with E-state index in [4.69, 9.17) is 0 Å². The van der Waals surface area contributed by atoms with Gasteiger partial charge in [-0.05, 0) is 0 Å². The molecule has 1 N–H and O–H groups in total. The zero-order chi connectivity index (χ0) is 11.1. The lowest BCUT2D eigenvalue weighted by atomic mass is 10.2. The second-order valence-corrected chi connectivity index (χ2v) is 2.56. The minimum atomic E-state index is -0.982. The standard InChI is InChI=1S/C8H13NO5/c1-5(10)9-6(8(12)14-3)4-7(11)13-2/h6H,4H2,1-3H3,(H,9,10)/t6-/m1/s1. The summed E-state index contributed by atoms with van der Waals surface area (Å²) in [4.78, 5) is 32.6. The van der Waals surface area contributed by atoms with Crippen molar-refractivity contribution >= 4 is 17.8 Å². The highest BCUT2D eigenvalue weighted by Crippen LogP contribution is 1.97. The Morgan fingerprint density at radius 1 is 1.21 bits per heavy atom. The summed E-state index contributed by atoms with van der Waals surface area (Å²) in [6, 6.07) is -0.982. The van der Waals surface area contributed by atoms with Crippen LogP contribution in [0.5, 0.6) is 0 Å². The Morgan fingerprint density at radius 2 is 1.79 bits per heavy atom. The van der Waals surface area contributed by atoms with Crippen LogP contribution in [0.2, 0.25) is 0 Å². The highest BCUT2D eigenvalue weighted by atomic mass is 16.5. The van der Waals surface area contributed by atoms with E-state index < -0.39 is 23.9 Å². The third kappa shape index (κ3) is 4.44. The van der Waals surface area contributed by atoms with E-state index in [1.807, 2.05) is 0 Å². The predicted octanol–water partition coefficient (Wildman–Crippen LogP) is -0.773. The first-order valence-electron chi connectivity index (χ1n) is 3.93. The lowest BCUT2D eigenvalue weighted by Gasteiger charge is -2.13. The van der Waals surface area contributed by atoms with Gasteiger partial charge in [-0.25, -0.2) is 4.79 Å². The number of ether oxygens (including phenoxy) is 2. The summed E-state index contributed by atoms with van der Waals surface area (Å²) in [5, 5.41) is 2.28. The Morgan fingerprint density at radius 3 is 2.14 bits per heavy atom. The maximum atomic E-state index is 11.1. The number of esters is 2. The molecule has 0 fully saturated rings. The van der Waals surface area contributed by atoms with Crippen molar-refractivity contribution in [2.45, 2.75) is 19.4 Å². The lowest BCUT2D eigenvalue weighted by Crippen LogP contribution is -2.42. The highest BCUT2D eigenvalue weighted by Gasteiger charge is 2.23. The van der Waals surface area contributed by atoms with Gasteiger partial charge >= 0.3 is 11.9 Å². The van der Waals surface area contributed by atoms with Gasteiger partial charge in [0.05, 0.1) is 20.6 Å². The molecule has 0 aliphatic rings. The van der Waals surface area contributed by atoms with Crippen molar-refractivity contribution in [1.29, 1.82) is 0 Å². The third-order valence-electron chi connectivity index (χ3n) is 1.46. The first-order chi connectivity index (χ1) is 6.51. The maximum absolute atomic E-state index is 11.1. The first kappa shape index (κ1) is 12.4. The molecule has 6 heteroatoms. The maximum Gasteiger partial charge on any atom is 0.328 e. The van der Waals surface area contributed by atoms with Gasteiger partial charge in [0.25, 0.3) is 0 Å². The minimum absolute atomic E-state index is 0.233. The van der Waals surface area contributed by atoms with Gasteiger partial charge in [-0.3, -0.25) is 9.59 Å². The van der Waals surface area contributed by atoms with Crippen LogP contribution in [0.25, 0.3) is 0 Å². The van der Waals surface area contributed by atoms with Crippen molar-refractivity contribution in [3.05, 3.63) is 0 Å². The molecule has 0 unspecified atom stereocenters. The lowest BCUT2D eigenvalue weighted by molar-refractivity contribution is -0.150. The van der Waals surface area contributed by atoms with Gasteiger partial charge in [-0.2, -0.15) is 0 Å². The number of carbonyl (C=O) groups is 3. The van der Waals surface area contributed by atoms with Crippen LogP contribution in [0.15, 0.2) is 0 Å². The van der Waals surface area contributed by atoms with Crippen LogP contribution in [0.4, 0.5) is 0 Å². The summed E-state index contributed by atoms with van der Waals surface area (Å²) in [7, 11) is 2.37. The third-order valence-corrected chi connectivity index (χ3v) is 1.46. The Balaban J connectivity index is 4.31. The molecule has 0 aromatic heterocycles. The van der Waals surface area contributed by atoms with Crippen molar-refractivity contribution < 1.29 is 23.9 Å². The van der Waals surface area contributed by atoms with E-state index in [-0.39, 0.29) is 6.42 Å². The summed E-state index contributed by atoms with van der Waals surface area (Å²) in [6.45, 7) is 1.24. The normalized spacial score (nSPS) is 11.4. The summed E-state index contributed by atoms with van der Waals surface area (Å²) >= 11 is 0. The number of amides is 1. The molecule has 0 aromatic carbocycles. The van der Waals surface area contributed by atoms with Crippen LogP contribution in [-0.2, 0) is 23.9 Å². The monoisotopic (exact) mass is 203 g/mol. The summed E-state index contributed by atoms with van der Waals surface area (Å²) in [6.07, 6.45) is -0.233. The van der Waals surface area contributed by atoms with E-state index in [0.29, 0.717) is 0 Å². The van der Waals surface area contributed by atoms with Crippen LogP contribution < -0.4 is 5.32 Å². The molecule has 0 aromatic rings. The second-order valence-electron chi connectivity index (χ2n) is 2.56. The molecule has 0 spiro atoms. The summed E-state index contributed by atoms with van der Waals surface area (Å²) in [5.74, 6) is -1.68. The summed E-state index contributed by atoms with van der Waals surface area (Å²) in [5.41, 5.74) is 0. The number of nitrogens with one attached hydrogen (secondary N) is 1. The molecule has 0 radical (unpaired) electrons. The number of hydrogen-bond donors (Lipinski definition) is 1. The van der Waals surface area contributed by atoms with E-state index in [1.54, 1.807) is 0 Å². The van der Waals surface area contributed by atoms with Crippen molar-refractivity contribution in [1.82, 2.24) is 5.32 Å². The molecule has 14 heavy (non-hydrogen) atoms. The Hall–Kier alpha value is -1.59. The summed E-state index contributed by atoms with van der Waals surface area (Å²) < 4.78 is 8.76. The fourth-order valence-corrected chi connectivity index (χ4v) is 0.831. The Kier molecular flexibility index (Phi) is 5.28.